The average Bonchev–Trinajstić information content (AvgIpc) is 3.13. The maximum absolute atomic E-state index is 12.9. The SMILES string of the molecule is CC(C)(C)c1ccc(C(=O)N2CCN=C2SCc2cccc(C(F)(F)F)c2)cc1. The van der Waals surface area contributed by atoms with Crippen LogP contribution in [0.5, 0.6) is 0 Å². The van der Waals surface area contributed by atoms with Gasteiger partial charge in [0.15, 0.2) is 5.17 Å². The van der Waals surface area contributed by atoms with Crippen molar-refractivity contribution in [1.29, 1.82) is 0 Å². The molecule has 0 bridgehead atoms. The molecule has 0 unspecified atom stereocenters. The number of hydrogen-bond donors (Lipinski definition) is 0. The van der Waals surface area contributed by atoms with Gasteiger partial charge >= 0.3 is 6.18 Å². The summed E-state index contributed by atoms with van der Waals surface area (Å²) in [6, 6.07) is 12.8. The van der Waals surface area contributed by atoms with Crippen molar-refractivity contribution < 1.29 is 18.0 Å². The summed E-state index contributed by atoms with van der Waals surface area (Å²) in [5.74, 6) is 0.174. The van der Waals surface area contributed by atoms with Gasteiger partial charge in [0, 0.05) is 17.9 Å². The number of amides is 1. The molecule has 3 nitrogen and oxygen atoms in total. The van der Waals surface area contributed by atoms with E-state index in [1.807, 2.05) is 24.3 Å². The molecule has 0 aromatic heterocycles. The third kappa shape index (κ3) is 5.21. The highest BCUT2D eigenvalue weighted by molar-refractivity contribution is 8.13. The van der Waals surface area contributed by atoms with E-state index in [2.05, 4.69) is 25.8 Å². The number of nitrogens with zero attached hydrogens (tertiary/aromatic N) is 2. The fourth-order valence-electron chi connectivity index (χ4n) is 2.99. The highest BCUT2D eigenvalue weighted by atomic mass is 32.2. The van der Waals surface area contributed by atoms with E-state index < -0.39 is 11.7 Å². The van der Waals surface area contributed by atoms with Gasteiger partial charge in [-0.3, -0.25) is 14.7 Å². The Balaban J connectivity index is 1.68. The molecule has 0 saturated heterocycles. The van der Waals surface area contributed by atoms with Gasteiger partial charge in [0.05, 0.1) is 12.1 Å². The van der Waals surface area contributed by atoms with Crippen molar-refractivity contribution in [3.8, 4) is 0 Å². The summed E-state index contributed by atoms with van der Waals surface area (Å²) in [7, 11) is 0. The first kappa shape index (κ1) is 21.4. The van der Waals surface area contributed by atoms with Crippen LogP contribution in [0.3, 0.4) is 0 Å². The normalized spacial score (nSPS) is 14.8. The molecule has 1 aliphatic heterocycles. The minimum absolute atomic E-state index is 0.00262. The fourth-order valence-corrected chi connectivity index (χ4v) is 3.98. The predicted molar refractivity (Wildman–Crippen MR) is 111 cm³/mol. The van der Waals surface area contributed by atoms with Crippen LogP contribution in [-0.2, 0) is 17.3 Å². The minimum atomic E-state index is -4.37. The van der Waals surface area contributed by atoms with E-state index >= 15 is 0 Å². The molecular formula is C22H23F3N2OS. The van der Waals surface area contributed by atoms with Crippen molar-refractivity contribution in [2.24, 2.45) is 4.99 Å². The Bertz CT molecular complexity index is 915. The summed E-state index contributed by atoms with van der Waals surface area (Å²) in [6.45, 7) is 7.31. The van der Waals surface area contributed by atoms with Crippen molar-refractivity contribution in [3.63, 3.8) is 0 Å². The van der Waals surface area contributed by atoms with Gasteiger partial charge in [-0.25, -0.2) is 0 Å². The molecule has 0 spiro atoms. The third-order valence-corrected chi connectivity index (χ3v) is 5.75. The molecular weight excluding hydrogens is 397 g/mol. The van der Waals surface area contributed by atoms with Gasteiger partial charge in [-0.2, -0.15) is 13.2 Å². The van der Waals surface area contributed by atoms with Gasteiger partial charge in [-0.1, -0.05) is 62.9 Å². The average molecular weight is 420 g/mol. The number of hydrogen-bond acceptors (Lipinski definition) is 3. The van der Waals surface area contributed by atoms with E-state index in [0.29, 0.717) is 35.1 Å². The second-order valence-corrected chi connectivity index (χ2v) is 8.88. The van der Waals surface area contributed by atoms with Crippen LogP contribution in [0.4, 0.5) is 13.2 Å². The Hall–Kier alpha value is -2.28. The second-order valence-electron chi connectivity index (χ2n) is 7.94. The summed E-state index contributed by atoms with van der Waals surface area (Å²) >= 11 is 1.28. The van der Waals surface area contributed by atoms with Crippen molar-refractivity contribution in [2.75, 3.05) is 13.1 Å². The molecule has 3 rings (SSSR count). The highest BCUT2D eigenvalue weighted by Gasteiger charge is 2.30. The summed E-state index contributed by atoms with van der Waals surface area (Å²) in [6.07, 6.45) is -4.37. The third-order valence-electron chi connectivity index (χ3n) is 4.67. The standard InChI is InChI=1S/C22H23F3N2OS/c1-21(2,3)17-9-7-16(8-10-17)19(28)27-12-11-26-20(27)29-14-15-5-4-6-18(13-15)22(23,24)25/h4-10,13H,11-12,14H2,1-3H3. The van der Waals surface area contributed by atoms with Crippen LogP contribution < -0.4 is 0 Å². The van der Waals surface area contributed by atoms with Gasteiger partial charge in [0.2, 0.25) is 0 Å². The minimum Gasteiger partial charge on any atom is -0.286 e. The monoisotopic (exact) mass is 420 g/mol. The zero-order chi connectivity index (χ0) is 21.2. The van der Waals surface area contributed by atoms with Crippen molar-refractivity contribution in [3.05, 3.63) is 70.8 Å². The lowest BCUT2D eigenvalue weighted by Crippen LogP contribution is -2.32. The van der Waals surface area contributed by atoms with Crippen molar-refractivity contribution in [1.82, 2.24) is 4.90 Å². The van der Waals surface area contributed by atoms with E-state index in [1.165, 1.54) is 17.8 Å². The number of carbonyl (C=O) groups excluding carboxylic acids is 1. The van der Waals surface area contributed by atoms with Crippen molar-refractivity contribution >= 4 is 22.8 Å². The first-order valence-corrected chi connectivity index (χ1v) is 10.3. The molecule has 2 aromatic rings. The van der Waals surface area contributed by atoms with Crippen LogP contribution in [0.25, 0.3) is 0 Å². The molecule has 1 heterocycles. The van der Waals surface area contributed by atoms with Crippen LogP contribution in [0.1, 0.15) is 47.8 Å². The quantitative estimate of drug-likeness (QED) is 0.634. The van der Waals surface area contributed by atoms with E-state index in [-0.39, 0.29) is 11.3 Å². The van der Waals surface area contributed by atoms with Gasteiger partial charge < -0.3 is 0 Å². The molecule has 154 valence electrons. The molecule has 0 N–H and O–H groups in total. The lowest BCUT2D eigenvalue weighted by Gasteiger charge is -2.21. The summed E-state index contributed by atoms with van der Waals surface area (Å²) in [4.78, 5) is 18.9. The van der Waals surface area contributed by atoms with Crippen molar-refractivity contribution in [2.45, 2.75) is 38.1 Å². The van der Waals surface area contributed by atoms with Gasteiger partial charge in [0.1, 0.15) is 0 Å². The van der Waals surface area contributed by atoms with Crippen LogP contribution in [-0.4, -0.2) is 29.1 Å². The van der Waals surface area contributed by atoms with Gasteiger partial charge in [-0.05, 0) is 34.7 Å². The van der Waals surface area contributed by atoms with Crippen LogP contribution in [0, 0.1) is 0 Å². The lowest BCUT2D eigenvalue weighted by atomic mass is 9.86. The Morgan fingerprint density at radius 2 is 1.76 bits per heavy atom. The lowest BCUT2D eigenvalue weighted by molar-refractivity contribution is -0.137. The fraction of sp³-hybridized carbons (Fsp3) is 0.364. The Kier molecular flexibility index (Phi) is 6.08. The number of benzene rings is 2. The molecule has 0 fully saturated rings. The molecule has 1 aliphatic rings. The number of rotatable bonds is 3. The Morgan fingerprint density at radius 1 is 1.07 bits per heavy atom. The predicted octanol–water partition coefficient (Wildman–Crippen LogP) is 5.75. The smallest absolute Gasteiger partial charge is 0.286 e. The topological polar surface area (TPSA) is 32.7 Å². The summed E-state index contributed by atoms with van der Waals surface area (Å²) < 4.78 is 38.6. The molecule has 29 heavy (non-hydrogen) atoms. The largest absolute Gasteiger partial charge is 0.416 e. The number of halogens is 3. The molecule has 1 amide bonds. The van der Waals surface area contributed by atoms with Crippen LogP contribution in [0.15, 0.2) is 53.5 Å². The van der Waals surface area contributed by atoms with Gasteiger partial charge in [-0.15, -0.1) is 0 Å². The molecule has 2 aromatic carbocycles. The maximum atomic E-state index is 12.9. The maximum Gasteiger partial charge on any atom is 0.416 e. The van der Waals surface area contributed by atoms with Crippen LogP contribution >= 0.6 is 11.8 Å². The van der Waals surface area contributed by atoms with Crippen LogP contribution in [0.2, 0.25) is 0 Å². The first-order chi connectivity index (χ1) is 13.6. The summed E-state index contributed by atoms with van der Waals surface area (Å²) in [5, 5.41) is 0.548. The zero-order valence-corrected chi connectivity index (χ0v) is 17.4. The number of thioether (sulfide) groups is 1. The molecule has 0 aliphatic carbocycles. The molecule has 0 radical (unpaired) electrons. The highest BCUT2D eigenvalue weighted by Crippen LogP contribution is 2.31. The Labute approximate surface area is 173 Å². The van der Waals surface area contributed by atoms with E-state index in [1.54, 1.807) is 11.0 Å². The molecule has 7 heteroatoms. The van der Waals surface area contributed by atoms with E-state index in [9.17, 15) is 18.0 Å². The number of alkyl halides is 3. The Morgan fingerprint density at radius 3 is 2.38 bits per heavy atom. The second kappa shape index (κ2) is 8.22. The first-order valence-electron chi connectivity index (χ1n) is 9.31. The van der Waals surface area contributed by atoms with E-state index in [0.717, 1.165) is 17.7 Å². The number of carbonyl (C=O) groups is 1. The molecule has 0 saturated carbocycles. The zero-order valence-electron chi connectivity index (χ0n) is 16.6. The summed E-state index contributed by atoms with van der Waals surface area (Å²) in [5.41, 5.74) is 1.59. The molecule has 0 atom stereocenters. The van der Waals surface area contributed by atoms with E-state index in [4.69, 9.17) is 0 Å². The number of aliphatic imine (C=N–C) groups is 1. The number of amidine groups is 1. The van der Waals surface area contributed by atoms with Gasteiger partial charge in [0.25, 0.3) is 5.91 Å².